The van der Waals surface area contributed by atoms with E-state index in [2.05, 4.69) is 15.6 Å². The van der Waals surface area contributed by atoms with Gasteiger partial charge in [0.1, 0.15) is 5.82 Å². The molecule has 3 aromatic rings. The fraction of sp³-hybridized carbons (Fsp3) is 0.405. The first-order chi connectivity index (χ1) is 28.6. The average molecular weight is 853 g/mol. The van der Waals surface area contributed by atoms with Gasteiger partial charge >= 0.3 is 23.9 Å². The van der Waals surface area contributed by atoms with Gasteiger partial charge in [0.05, 0.1) is 35.1 Å². The van der Waals surface area contributed by atoms with Crippen molar-refractivity contribution in [3.8, 4) is 11.1 Å². The van der Waals surface area contributed by atoms with E-state index in [1.165, 1.54) is 6.08 Å². The molecule has 60 heavy (non-hydrogen) atoms. The van der Waals surface area contributed by atoms with E-state index in [0.29, 0.717) is 47.5 Å². The highest BCUT2D eigenvalue weighted by Crippen LogP contribution is 2.39. The summed E-state index contributed by atoms with van der Waals surface area (Å²) in [6, 6.07) is 10.1. The van der Waals surface area contributed by atoms with Gasteiger partial charge in [0.15, 0.2) is 36.5 Å². The minimum Gasteiger partial charge on any atom is -0.467 e. The number of nitrogens with one attached hydrogen (secondary N) is 2. The highest BCUT2D eigenvalue weighted by Gasteiger charge is 2.55. The lowest BCUT2D eigenvalue weighted by atomic mass is 9.92. The van der Waals surface area contributed by atoms with Gasteiger partial charge in [-0.1, -0.05) is 31.0 Å². The number of halogens is 3. The molecule has 2 amide bonds. The summed E-state index contributed by atoms with van der Waals surface area (Å²) in [5.41, 5.74) is 2.24. The zero-order valence-corrected chi connectivity index (χ0v) is 34.0. The Kier molecular flexibility index (Phi) is 13.5. The second kappa shape index (κ2) is 18.5. The van der Waals surface area contributed by atoms with Crippen molar-refractivity contribution in [2.24, 2.45) is 5.92 Å². The fourth-order valence-corrected chi connectivity index (χ4v) is 7.79. The number of methoxy groups -OCH3 is 1. The average Bonchev–Trinajstić information content (AvgIpc) is 3.19. The van der Waals surface area contributed by atoms with Crippen molar-refractivity contribution in [3.63, 3.8) is 0 Å². The third-order valence-corrected chi connectivity index (χ3v) is 10.7. The summed E-state index contributed by atoms with van der Waals surface area (Å²) < 4.78 is 57.0. The molecule has 0 radical (unpaired) electrons. The van der Waals surface area contributed by atoms with Crippen molar-refractivity contribution in [3.05, 3.63) is 82.7 Å². The summed E-state index contributed by atoms with van der Waals surface area (Å²) in [6.45, 7) is 5.19. The molecule has 1 saturated heterocycles. The summed E-state index contributed by atoms with van der Waals surface area (Å²) >= 11 is 5.94. The Morgan fingerprint density at radius 1 is 0.933 bits per heavy atom. The lowest BCUT2D eigenvalue weighted by molar-refractivity contribution is -0.244. The molecule has 0 spiro atoms. The number of hydrogen-bond acceptors (Lipinski definition) is 13. The molecule has 1 unspecified atom stereocenters. The number of rotatable bonds is 8. The molecule has 3 aliphatic rings. The van der Waals surface area contributed by atoms with Crippen molar-refractivity contribution in [2.45, 2.75) is 90.1 Å². The lowest BCUT2D eigenvalue weighted by Gasteiger charge is -2.43. The summed E-state index contributed by atoms with van der Waals surface area (Å²) in [6.07, 6.45) is -3.20. The minimum atomic E-state index is -1.63. The molecule has 2 N–H and O–H groups in total. The Hall–Kier alpha value is -5.94. The van der Waals surface area contributed by atoms with Gasteiger partial charge in [0, 0.05) is 56.8 Å². The fourth-order valence-electron chi connectivity index (χ4n) is 7.64. The van der Waals surface area contributed by atoms with Crippen molar-refractivity contribution in [1.29, 1.82) is 0 Å². The van der Waals surface area contributed by atoms with Crippen molar-refractivity contribution in [1.82, 2.24) is 9.88 Å². The summed E-state index contributed by atoms with van der Waals surface area (Å²) in [7, 11) is 1.09. The molecule has 2 aromatic carbocycles. The molecule has 6 rings (SSSR count). The second-order valence-corrected chi connectivity index (χ2v) is 15.0. The maximum atomic E-state index is 14.9. The Morgan fingerprint density at radius 2 is 1.63 bits per heavy atom. The zero-order valence-electron chi connectivity index (χ0n) is 33.3. The number of fused-ring (bicyclic) bond motifs is 4. The van der Waals surface area contributed by atoms with Gasteiger partial charge < -0.3 is 39.2 Å². The maximum Gasteiger partial charge on any atom is 0.339 e. The molecule has 15 nitrogen and oxygen atoms in total. The first kappa shape index (κ1) is 43.6. The Labute approximate surface area is 348 Å². The number of esters is 4. The molecule has 7 atom stereocenters. The third-order valence-electron chi connectivity index (χ3n) is 10.4. The Morgan fingerprint density at radius 3 is 2.32 bits per heavy atom. The number of anilines is 2. The molecule has 0 aliphatic carbocycles. The van der Waals surface area contributed by atoms with Crippen LogP contribution >= 0.6 is 11.6 Å². The molecule has 1 fully saturated rings. The standard InChI is InChI=1S/C42H43ClF2N4O11/c1-20-7-6-8-32(49-16-14-25(18-33(49)53)34-29(44)12-11-28(43)35(34)45)31-17-24(13-15-46-31)27-10-9-26(19-30(27)48-40(20)54)47-41-38(59-23(4)52)36(57-21(2)50)37(58-22(3)51)39(60-41)42(55)56-5/h9-13,15,17-20,32,36-39,41,47H,6-8,14,16H2,1-5H3,(H,48,54)/t20-,32+,36+,37+,38-,39+,41?/m1/s1. The van der Waals surface area contributed by atoms with E-state index in [0.717, 1.165) is 40.0 Å². The van der Waals surface area contributed by atoms with E-state index in [1.54, 1.807) is 48.4 Å². The number of carbonyl (C=O) groups excluding carboxylic acids is 6. The highest BCUT2D eigenvalue weighted by atomic mass is 35.5. The van der Waals surface area contributed by atoms with Crippen LogP contribution in [0, 0.1) is 17.6 Å². The molecular formula is C42H43ClF2N4O11. The quantitative estimate of drug-likeness (QED) is 0.155. The molecule has 3 aliphatic heterocycles. The van der Waals surface area contributed by atoms with Gasteiger partial charge in [-0.15, -0.1) is 0 Å². The molecule has 18 heteroatoms. The largest absolute Gasteiger partial charge is 0.467 e. The van der Waals surface area contributed by atoms with Crippen LogP contribution in [-0.4, -0.2) is 89.9 Å². The number of carbonyl (C=O) groups is 6. The number of aromatic nitrogens is 1. The number of pyridine rings is 1. The van der Waals surface area contributed by atoms with E-state index in [9.17, 15) is 37.5 Å². The molecule has 4 heterocycles. The number of ether oxygens (including phenoxy) is 5. The Balaban J connectivity index is 1.36. The molecular weight excluding hydrogens is 810 g/mol. The number of nitrogens with zero attached hydrogens (tertiary/aromatic N) is 2. The van der Waals surface area contributed by atoms with Gasteiger partial charge in [0.25, 0.3) is 0 Å². The van der Waals surface area contributed by atoms with Gasteiger partial charge in [-0.2, -0.15) is 0 Å². The van der Waals surface area contributed by atoms with E-state index >= 15 is 0 Å². The summed E-state index contributed by atoms with van der Waals surface area (Å²) in [5.74, 6) is -6.45. The monoisotopic (exact) mass is 852 g/mol. The minimum absolute atomic E-state index is 0.142. The first-order valence-corrected chi connectivity index (χ1v) is 19.5. The van der Waals surface area contributed by atoms with Crippen LogP contribution < -0.4 is 10.6 Å². The van der Waals surface area contributed by atoms with E-state index in [1.807, 2.05) is 0 Å². The van der Waals surface area contributed by atoms with Crippen LogP contribution in [0.25, 0.3) is 16.7 Å². The number of amides is 2. The van der Waals surface area contributed by atoms with Crippen LogP contribution in [0.1, 0.15) is 70.7 Å². The predicted molar refractivity (Wildman–Crippen MR) is 211 cm³/mol. The zero-order chi connectivity index (χ0) is 43.4. The van der Waals surface area contributed by atoms with E-state index in [4.69, 9.17) is 35.3 Å². The molecule has 1 aromatic heterocycles. The van der Waals surface area contributed by atoms with Crippen LogP contribution in [0.5, 0.6) is 0 Å². The van der Waals surface area contributed by atoms with Crippen LogP contribution in [0.2, 0.25) is 5.02 Å². The number of hydrogen-bond donors (Lipinski definition) is 2. The van der Waals surface area contributed by atoms with E-state index < -0.39 is 84.0 Å². The van der Waals surface area contributed by atoms with Gasteiger partial charge in [-0.05, 0) is 66.8 Å². The molecule has 0 saturated carbocycles. The topological polar surface area (TPSA) is 189 Å². The highest BCUT2D eigenvalue weighted by molar-refractivity contribution is 6.31. The second-order valence-electron chi connectivity index (χ2n) is 14.6. The maximum absolute atomic E-state index is 14.9. The van der Waals surface area contributed by atoms with Crippen LogP contribution in [0.15, 0.2) is 54.7 Å². The third kappa shape index (κ3) is 9.57. The van der Waals surface area contributed by atoms with Crippen LogP contribution in [0.3, 0.4) is 0 Å². The van der Waals surface area contributed by atoms with Crippen LogP contribution in [0.4, 0.5) is 20.2 Å². The number of benzene rings is 2. The van der Waals surface area contributed by atoms with Gasteiger partial charge in [-0.25, -0.2) is 13.6 Å². The first-order valence-electron chi connectivity index (χ1n) is 19.1. The van der Waals surface area contributed by atoms with Crippen molar-refractivity contribution in [2.75, 3.05) is 24.3 Å². The smallest absolute Gasteiger partial charge is 0.339 e. The van der Waals surface area contributed by atoms with E-state index in [-0.39, 0.29) is 35.0 Å². The molecule has 318 valence electrons. The predicted octanol–water partition coefficient (Wildman–Crippen LogP) is 5.90. The van der Waals surface area contributed by atoms with Gasteiger partial charge in [0.2, 0.25) is 11.8 Å². The van der Waals surface area contributed by atoms with Crippen molar-refractivity contribution >= 4 is 64.2 Å². The lowest BCUT2D eigenvalue weighted by Crippen LogP contribution is -2.65. The van der Waals surface area contributed by atoms with Crippen molar-refractivity contribution < 1.29 is 61.2 Å². The normalized spacial score (nSPS) is 24.3. The summed E-state index contributed by atoms with van der Waals surface area (Å²) in [4.78, 5) is 83.4. The summed E-state index contributed by atoms with van der Waals surface area (Å²) in [5, 5.41) is 5.81. The Bertz CT molecular complexity index is 2240. The SMILES string of the molecule is COC(=O)[C@H]1OC(Nc2ccc3c(c2)NC(=O)[C@H](C)CCC[C@H](N2CCC(c4c(F)ccc(Cl)c4F)=CC2=O)c2cc-3ccn2)[C@H](OC(C)=O)[C@@H](OC(C)=O)[C@@H]1OC(C)=O. The van der Waals surface area contributed by atoms with Crippen LogP contribution in [-0.2, 0) is 52.5 Å². The molecule has 2 bridgehead atoms. The van der Waals surface area contributed by atoms with Gasteiger partial charge in [-0.3, -0.25) is 29.0 Å².